The van der Waals surface area contributed by atoms with E-state index in [1.807, 2.05) is 26.0 Å². The molecule has 0 aromatic heterocycles. The summed E-state index contributed by atoms with van der Waals surface area (Å²) in [6.45, 7) is 3.87. The number of halogens is 1. The summed E-state index contributed by atoms with van der Waals surface area (Å²) < 4.78 is 13.8. The third kappa shape index (κ3) is 1.95. The fourth-order valence-electron chi connectivity index (χ4n) is 2.28. The smallest absolute Gasteiger partial charge is 0.131 e. The Balaban J connectivity index is 2.49. The van der Waals surface area contributed by atoms with Crippen molar-refractivity contribution in [3.63, 3.8) is 0 Å². The maximum Gasteiger partial charge on any atom is 0.131 e. The molecular weight excluding hydrogens is 189 g/mol. The molecule has 1 aromatic rings. The van der Waals surface area contributed by atoms with Crippen LogP contribution >= 0.6 is 0 Å². The van der Waals surface area contributed by atoms with E-state index in [1.54, 1.807) is 6.07 Å². The van der Waals surface area contributed by atoms with Crippen LogP contribution in [0.5, 0.6) is 0 Å². The molecule has 1 atom stereocenters. The molecular formula is C13H16FN. The van der Waals surface area contributed by atoms with Crippen molar-refractivity contribution in [2.45, 2.75) is 32.7 Å². The first-order valence-electron chi connectivity index (χ1n) is 5.31. The average Bonchev–Trinajstić information content (AvgIpc) is 2.49. The first-order valence-corrected chi connectivity index (χ1v) is 5.31. The summed E-state index contributed by atoms with van der Waals surface area (Å²) in [5.74, 6) is -0.118. The second kappa shape index (κ2) is 3.78. The number of benzene rings is 1. The van der Waals surface area contributed by atoms with Crippen LogP contribution in [-0.4, -0.2) is 6.04 Å². The van der Waals surface area contributed by atoms with Gasteiger partial charge in [0.1, 0.15) is 5.82 Å². The first-order chi connectivity index (χ1) is 7.08. The van der Waals surface area contributed by atoms with E-state index in [1.165, 1.54) is 0 Å². The Kier molecular flexibility index (Phi) is 2.61. The lowest BCUT2D eigenvalue weighted by Crippen LogP contribution is -2.11. The van der Waals surface area contributed by atoms with Crippen LogP contribution in [0.15, 0.2) is 18.2 Å². The van der Waals surface area contributed by atoms with Gasteiger partial charge in [0.15, 0.2) is 0 Å². The van der Waals surface area contributed by atoms with Crippen molar-refractivity contribution in [3.05, 3.63) is 40.7 Å². The molecule has 0 radical (unpaired) electrons. The number of rotatable bonds is 1. The minimum Gasteiger partial charge on any atom is -0.324 e. The maximum atomic E-state index is 13.8. The molecule has 0 saturated carbocycles. The fourth-order valence-corrected chi connectivity index (χ4v) is 2.28. The Hall–Kier alpha value is -1.15. The molecule has 0 spiro atoms. The molecule has 15 heavy (non-hydrogen) atoms. The predicted molar refractivity (Wildman–Crippen MR) is 61.1 cm³/mol. The van der Waals surface area contributed by atoms with Gasteiger partial charge in [-0.2, -0.15) is 0 Å². The zero-order valence-corrected chi connectivity index (χ0v) is 9.18. The van der Waals surface area contributed by atoms with Crippen LogP contribution in [-0.2, 0) is 0 Å². The second-order valence-electron chi connectivity index (χ2n) is 4.33. The predicted octanol–water partition coefficient (Wildman–Crippen LogP) is 2.95. The molecule has 0 aliphatic heterocycles. The van der Waals surface area contributed by atoms with Gasteiger partial charge in [0, 0.05) is 11.6 Å². The Morgan fingerprint density at radius 1 is 1.33 bits per heavy atom. The van der Waals surface area contributed by atoms with Crippen LogP contribution in [0.4, 0.5) is 4.39 Å². The Morgan fingerprint density at radius 2 is 2.07 bits per heavy atom. The molecule has 0 bridgehead atoms. The van der Waals surface area contributed by atoms with Gasteiger partial charge in [0.25, 0.3) is 0 Å². The van der Waals surface area contributed by atoms with Crippen LogP contribution in [0.1, 0.15) is 29.5 Å². The lowest BCUT2D eigenvalue weighted by Gasteiger charge is -2.09. The van der Waals surface area contributed by atoms with Crippen LogP contribution in [0.25, 0.3) is 5.57 Å². The highest BCUT2D eigenvalue weighted by Crippen LogP contribution is 2.31. The lowest BCUT2D eigenvalue weighted by atomic mass is 9.97. The van der Waals surface area contributed by atoms with Gasteiger partial charge in [0.05, 0.1) is 0 Å². The lowest BCUT2D eigenvalue weighted by molar-refractivity contribution is 0.620. The van der Waals surface area contributed by atoms with Crippen molar-refractivity contribution < 1.29 is 4.39 Å². The monoisotopic (exact) mass is 205 g/mol. The fraction of sp³-hybridized carbons (Fsp3) is 0.385. The van der Waals surface area contributed by atoms with E-state index >= 15 is 0 Å². The highest BCUT2D eigenvalue weighted by Gasteiger charge is 2.18. The van der Waals surface area contributed by atoms with Gasteiger partial charge in [-0.25, -0.2) is 4.39 Å². The summed E-state index contributed by atoms with van der Waals surface area (Å²) in [5.41, 5.74) is 9.60. The van der Waals surface area contributed by atoms with E-state index in [0.29, 0.717) is 0 Å². The second-order valence-corrected chi connectivity index (χ2v) is 4.33. The van der Waals surface area contributed by atoms with Crippen molar-refractivity contribution in [2.24, 2.45) is 5.73 Å². The molecule has 2 heteroatoms. The van der Waals surface area contributed by atoms with E-state index in [2.05, 4.69) is 0 Å². The minimum absolute atomic E-state index is 0.0973. The zero-order valence-electron chi connectivity index (χ0n) is 9.18. The average molecular weight is 205 g/mol. The van der Waals surface area contributed by atoms with E-state index < -0.39 is 0 Å². The molecule has 2 rings (SSSR count). The van der Waals surface area contributed by atoms with Gasteiger partial charge < -0.3 is 5.73 Å². The van der Waals surface area contributed by atoms with E-state index in [-0.39, 0.29) is 11.9 Å². The molecule has 0 amide bonds. The van der Waals surface area contributed by atoms with Gasteiger partial charge in [-0.15, -0.1) is 0 Å². The number of nitrogens with two attached hydrogens (primary N) is 1. The van der Waals surface area contributed by atoms with Gasteiger partial charge in [-0.05, 0) is 49.5 Å². The number of hydrogen-bond donors (Lipinski definition) is 1. The van der Waals surface area contributed by atoms with Crippen molar-refractivity contribution in [3.8, 4) is 0 Å². The van der Waals surface area contributed by atoms with Gasteiger partial charge in [-0.1, -0.05) is 12.1 Å². The third-order valence-electron chi connectivity index (χ3n) is 2.92. The molecule has 1 aliphatic carbocycles. The maximum absolute atomic E-state index is 13.8. The molecule has 1 unspecified atom stereocenters. The molecule has 1 aliphatic rings. The van der Waals surface area contributed by atoms with Crippen LogP contribution in [0.3, 0.4) is 0 Å². The van der Waals surface area contributed by atoms with Crippen molar-refractivity contribution >= 4 is 5.57 Å². The Labute approximate surface area is 89.8 Å². The summed E-state index contributed by atoms with van der Waals surface area (Å²) in [6, 6.07) is 3.70. The minimum atomic E-state index is -0.118. The van der Waals surface area contributed by atoms with Crippen LogP contribution < -0.4 is 5.73 Å². The number of allylic oxidation sites excluding steroid dienone is 1. The number of aryl methyl sites for hydroxylation is 2. The van der Waals surface area contributed by atoms with E-state index in [4.69, 9.17) is 5.73 Å². The normalized spacial score (nSPS) is 20.5. The van der Waals surface area contributed by atoms with Crippen LogP contribution in [0, 0.1) is 19.7 Å². The summed E-state index contributed by atoms with van der Waals surface area (Å²) in [6.07, 6.45) is 3.81. The van der Waals surface area contributed by atoms with Gasteiger partial charge >= 0.3 is 0 Å². The quantitative estimate of drug-likeness (QED) is 0.749. The molecule has 0 fully saturated rings. The topological polar surface area (TPSA) is 26.0 Å². The Morgan fingerprint density at radius 3 is 2.60 bits per heavy atom. The molecule has 80 valence electrons. The SMILES string of the molecule is Cc1cc(C)c(C2=CC(N)CC2)c(F)c1. The largest absolute Gasteiger partial charge is 0.324 e. The summed E-state index contributed by atoms with van der Waals surface area (Å²) in [5, 5.41) is 0. The van der Waals surface area contributed by atoms with Gasteiger partial charge in [0.2, 0.25) is 0 Å². The third-order valence-corrected chi connectivity index (χ3v) is 2.92. The van der Waals surface area contributed by atoms with Crippen molar-refractivity contribution in [2.75, 3.05) is 0 Å². The highest BCUT2D eigenvalue weighted by molar-refractivity contribution is 5.71. The van der Waals surface area contributed by atoms with Gasteiger partial charge in [-0.3, -0.25) is 0 Å². The molecule has 0 saturated heterocycles. The van der Waals surface area contributed by atoms with E-state index in [9.17, 15) is 4.39 Å². The Bertz CT molecular complexity index is 398. The molecule has 2 N–H and O–H groups in total. The number of hydrogen-bond acceptors (Lipinski definition) is 1. The first kappa shape index (κ1) is 10.4. The van der Waals surface area contributed by atoms with Crippen LogP contribution in [0.2, 0.25) is 0 Å². The van der Waals surface area contributed by atoms with E-state index in [0.717, 1.165) is 35.1 Å². The van der Waals surface area contributed by atoms with Crippen molar-refractivity contribution in [1.82, 2.24) is 0 Å². The molecule has 1 aromatic carbocycles. The molecule has 0 heterocycles. The van der Waals surface area contributed by atoms with Crippen molar-refractivity contribution in [1.29, 1.82) is 0 Å². The summed E-state index contributed by atoms with van der Waals surface area (Å²) in [4.78, 5) is 0. The molecule has 1 nitrogen and oxygen atoms in total. The zero-order chi connectivity index (χ0) is 11.0. The summed E-state index contributed by atoms with van der Waals surface area (Å²) >= 11 is 0. The highest BCUT2D eigenvalue weighted by atomic mass is 19.1. The summed E-state index contributed by atoms with van der Waals surface area (Å²) in [7, 11) is 0. The standard InChI is InChI=1S/C13H16FN/c1-8-5-9(2)13(12(14)6-8)10-3-4-11(15)7-10/h5-7,11H,3-4,15H2,1-2H3.